The Morgan fingerprint density at radius 3 is 1.45 bits per heavy atom. The molecule has 0 aromatic rings. The lowest BCUT2D eigenvalue weighted by Crippen LogP contribution is -1.95. The molecule has 0 aliphatic carbocycles. The second kappa shape index (κ2) is 8.31. The summed E-state index contributed by atoms with van der Waals surface area (Å²) in [6.07, 6.45) is 0. The first-order valence-electron chi connectivity index (χ1n) is 2.85. The molecule has 0 fully saturated rings. The summed E-state index contributed by atoms with van der Waals surface area (Å²) in [4.78, 5) is 19.4. The second-order valence-electron chi connectivity index (χ2n) is 1.95. The summed E-state index contributed by atoms with van der Waals surface area (Å²) in [6.45, 7) is 3.52. The van der Waals surface area contributed by atoms with Crippen molar-refractivity contribution < 1.29 is 9.59 Å². The van der Waals surface area contributed by atoms with Crippen molar-refractivity contribution in [2.45, 2.75) is 13.8 Å². The maximum atomic E-state index is 9.91. The largest absolute Gasteiger partial charge is 0.281 e. The molecule has 0 amide bonds. The van der Waals surface area contributed by atoms with Gasteiger partial charge in [0.15, 0.2) is 0 Å². The van der Waals surface area contributed by atoms with Gasteiger partial charge in [-0.15, -0.1) is 11.6 Å². The smallest absolute Gasteiger partial charge is 0.236 e. The van der Waals surface area contributed by atoms with E-state index in [1.54, 1.807) is 13.8 Å². The first-order chi connectivity index (χ1) is 4.91. The van der Waals surface area contributed by atoms with Crippen LogP contribution in [0.25, 0.3) is 0 Å². The minimum Gasteiger partial charge on any atom is -0.281 e. The molecule has 5 heteroatoms. The molecule has 0 saturated carbocycles. The van der Waals surface area contributed by atoms with Crippen LogP contribution in [0.15, 0.2) is 0 Å². The Balaban J connectivity index is 0. The zero-order valence-electron chi connectivity index (χ0n) is 6.23. The van der Waals surface area contributed by atoms with Crippen LogP contribution in [0.5, 0.6) is 0 Å². The monoisotopic (exact) mass is 218 g/mol. The maximum absolute atomic E-state index is 9.91. The number of rotatable bonds is 2. The van der Waals surface area contributed by atoms with Gasteiger partial charge in [0.2, 0.25) is 10.5 Å². The average molecular weight is 219 g/mol. The van der Waals surface area contributed by atoms with Crippen LogP contribution in [0, 0.1) is 5.92 Å². The molecule has 0 rings (SSSR count). The van der Waals surface area contributed by atoms with Crippen LogP contribution in [0.4, 0.5) is 0 Å². The van der Waals surface area contributed by atoms with Crippen LogP contribution in [0.1, 0.15) is 13.8 Å². The van der Waals surface area contributed by atoms with Crippen LogP contribution in [0.3, 0.4) is 0 Å². The predicted octanol–water partition coefficient (Wildman–Crippen LogP) is 2.40. The van der Waals surface area contributed by atoms with Gasteiger partial charge in [0.1, 0.15) is 0 Å². The lowest BCUT2D eigenvalue weighted by Gasteiger charge is -1.88. The molecule has 0 N–H and O–H groups in total. The molecule has 0 aliphatic rings. The van der Waals surface area contributed by atoms with Gasteiger partial charge in [0.05, 0.1) is 5.88 Å². The number of hydrogen-bond acceptors (Lipinski definition) is 2. The first kappa shape index (κ1) is 13.8. The highest BCUT2D eigenvalue weighted by Crippen LogP contribution is 1.95. The van der Waals surface area contributed by atoms with E-state index in [0.717, 1.165) is 0 Å². The molecule has 0 radical (unpaired) electrons. The van der Waals surface area contributed by atoms with Crippen molar-refractivity contribution in [3.8, 4) is 0 Å². The van der Waals surface area contributed by atoms with E-state index in [9.17, 15) is 9.59 Å². The molecular weight excluding hydrogens is 210 g/mol. The third-order valence-electron chi connectivity index (χ3n) is 0.559. The van der Waals surface area contributed by atoms with Gasteiger partial charge in [-0.05, 0) is 23.2 Å². The molecule has 0 aromatic heterocycles. The Kier molecular flexibility index (Phi) is 10.4. The topological polar surface area (TPSA) is 34.1 Å². The highest BCUT2D eigenvalue weighted by Gasteiger charge is 1.98. The van der Waals surface area contributed by atoms with Gasteiger partial charge in [0.25, 0.3) is 0 Å². The van der Waals surface area contributed by atoms with Gasteiger partial charge < -0.3 is 0 Å². The SMILES string of the molecule is CC(C)C(=O)Cl.O=C(Cl)CCl. The fourth-order valence-electron chi connectivity index (χ4n) is 0. The van der Waals surface area contributed by atoms with Gasteiger partial charge in [0, 0.05) is 5.92 Å². The Bertz CT molecular complexity index is 134. The fraction of sp³-hybridized carbons (Fsp3) is 0.667. The van der Waals surface area contributed by atoms with E-state index in [1.807, 2.05) is 0 Å². The first-order valence-corrected chi connectivity index (χ1v) is 4.14. The highest BCUT2D eigenvalue weighted by atomic mass is 35.5. The normalized spacial score (nSPS) is 8.55. The standard InChI is InChI=1S/C4H7ClO.C2H2Cl2O/c1-3(2)4(5)6;3-1-2(4)5/h3H,1-2H3;1H2. The average Bonchev–Trinajstić information content (AvgIpc) is 1.89. The lowest BCUT2D eigenvalue weighted by atomic mass is 10.3. The third kappa shape index (κ3) is 17.8. The van der Waals surface area contributed by atoms with E-state index in [1.165, 1.54) is 0 Å². The Morgan fingerprint density at radius 1 is 1.27 bits per heavy atom. The van der Waals surface area contributed by atoms with Gasteiger partial charge in [-0.3, -0.25) is 9.59 Å². The second-order valence-corrected chi connectivity index (χ2v) is 3.01. The van der Waals surface area contributed by atoms with Crippen molar-refractivity contribution in [3.05, 3.63) is 0 Å². The van der Waals surface area contributed by atoms with Crippen LogP contribution in [0.2, 0.25) is 0 Å². The van der Waals surface area contributed by atoms with Crippen LogP contribution in [-0.2, 0) is 9.59 Å². The van der Waals surface area contributed by atoms with Crippen molar-refractivity contribution >= 4 is 45.3 Å². The number of halogens is 3. The molecule has 0 atom stereocenters. The molecule has 0 aliphatic heterocycles. The van der Waals surface area contributed by atoms with Gasteiger partial charge >= 0.3 is 0 Å². The summed E-state index contributed by atoms with van der Waals surface area (Å²) in [5, 5.41) is -0.776. The van der Waals surface area contributed by atoms with E-state index in [2.05, 4.69) is 0 Å². The minimum absolute atomic E-state index is 0.0216. The summed E-state index contributed by atoms with van der Waals surface area (Å²) >= 11 is 14.5. The van der Waals surface area contributed by atoms with E-state index in [4.69, 9.17) is 34.8 Å². The minimum atomic E-state index is -0.508. The van der Waals surface area contributed by atoms with Crippen LogP contribution >= 0.6 is 34.8 Å². The Labute approximate surface area is 80.8 Å². The molecule has 0 unspecified atom stereocenters. The number of carbonyl (C=O) groups excluding carboxylic acids is 2. The van der Waals surface area contributed by atoms with Gasteiger partial charge in [-0.1, -0.05) is 13.8 Å². The zero-order chi connectivity index (χ0) is 9.44. The molecule has 0 bridgehead atoms. The third-order valence-corrected chi connectivity index (χ3v) is 1.51. The van der Waals surface area contributed by atoms with Crippen molar-refractivity contribution in [1.29, 1.82) is 0 Å². The Morgan fingerprint density at radius 2 is 1.45 bits per heavy atom. The van der Waals surface area contributed by atoms with Gasteiger partial charge in [-0.2, -0.15) is 0 Å². The van der Waals surface area contributed by atoms with E-state index in [0.29, 0.717) is 0 Å². The molecule has 11 heavy (non-hydrogen) atoms. The summed E-state index contributed by atoms with van der Waals surface area (Å²) in [7, 11) is 0. The molecule has 0 aromatic carbocycles. The summed E-state index contributed by atoms with van der Waals surface area (Å²) in [5.41, 5.74) is 0. The fourth-order valence-corrected chi connectivity index (χ4v) is 0. The van der Waals surface area contributed by atoms with Crippen LogP contribution < -0.4 is 0 Å². The van der Waals surface area contributed by atoms with Crippen molar-refractivity contribution in [2.24, 2.45) is 5.92 Å². The number of alkyl halides is 1. The predicted molar refractivity (Wildman–Crippen MR) is 47.3 cm³/mol. The maximum Gasteiger partial charge on any atom is 0.236 e. The van der Waals surface area contributed by atoms with Crippen LogP contribution in [-0.4, -0.2) is 16.4 Å². The highest BCUT2D eigenvalue weighted by molar-refractivity contribution is 6.67. The van der Waals surface area contributed by atoms with E-state index >= 15 is 0 Å². The Hall–Kier alpha value is 0.210. The van der Waals surface area contributed by atoms with Crippen molar-refractivity contribution in [2.75, 3.05) is 5.88 Å². The lowest BCUT2D eigenvalue weighted by molar-refractivity contribution is -0.114. The van der Waals surface area contributed by atoms with E-state index in [-0.39, 0.29) is 17.0 Å². The molecule has 0 heterocycles. The van der Waals surface area contributed by atoms with Crippen molar-refractivity contribution in [1.82, 2.24) is 0 Å². The quantitative estimate of drug-likeness (QED) is 0.528. The molecule has 0 saturated heterocycles. The van der Waals surface area contributed by atoms with Crippen molar-refractivity contribution in [3.63, 3.8) is 0 Å². The molecule has 2 nitrogen and oxygen atoms in total. The molecular formula is C6H9Cl3O2. The van der Waals surface area contributed by atoms with Gasteiger partial charge in [-0.25, -0.2) is 0 Å². The number of carbonyl (C=O) groups is 2. The molecule has 66 valence electrons. The zero-order valence-corrected chi connectivity index (χ0v) is 8.50. The molecule has 0 spiro atoms. The summed E-state index contributed by atoms with van der Waals surface area (Å²) < 4.78 is 0. The number of hydrogen-bond donors (Lipinski definition) is 0. The summed E-state index contributed by atoms with van der Waals surface area (Å²) in [5.74, 6) is -0.117. The summed E-state index contributed by atoms with van der Waals surface area (Å²) in [6, 6.07) is 0. The van der Waals surface area contributed by atoms with E-state index < -0.39 is 5.24 Å².